The first-order chi connectivity index (χ1) is 9.00. The molecule has 4 heteroatoms. The number of Topliss-reactive ketones (excluding diaryl/α,β-unsaturated/α-hetero) is 1. The van der Waals surface area contributed by atoms with Crippen LogP contribution in [0.5, 0.6) is 0 Å². The molecule has 1 aliphatic heterocycles. The van der Waals surface area contributed by atoms with E-state index in [-0.39, 0.29) is 11.9 Å². The van der Waals surface area contributed by atoms with Crippen molar-refractivity contribution in [1.29, 1.82) is 0 Å². The molecule has 0 aromatic heterocycles. The SMILES string of the molecule is COC(=O)[C@@H]1C(=O)C[C@@H](C(C)C)OC12CCCCC2. The van der Waals surface area contributed by atoms with E-state index >= 15 is 0 Å². The molecule has 0 radical (unpaired) electrons. The number of carbonyl (C=O) groups is 2. The summed E-state index contributed by atoms with van der Waals surface area (Å²) >= 11 is 0. The lowest BCUT2D eigenvalue weighted by molar-refractivity contribution is -0.202. The largest absolute Gasteiger partial charge is 0.468 e. The van der Waals surface area contributed by atoms with E-state index in [0.717, 1.165) is 32.1 Å². The lowest BCUT2D eigenvalue weighted by Gasteiger charge is -2.47. The minimum absolute atomic E-state index is 0.00120. The third-order valence-corrected chi connectivity index (χ3v) is 4.52. The van der Waals surface area contributed by atoms with Crippen molar-refractivity contribution in [3.05, 3.63) is 0 Å². The Morgan fingerprint density at radius 1 is 1.32 bits per heavy atom. The molecule has 2 fully saturated rings. The zero-order valence-electron chi connectivity index (χ0n) is 12.1. The van der Waals surface area contributed by atoms with Crippen LogP contribution in [0.25, 0.3) is 0 Å². The molecule has 1 aliphatic carbocycles. The van der Waals surface area contributed by atoms with Gasteiger partial charge in [0, 0.05) is 6.42 Å². The first-order valence-corrected chi connectivity index (χ1v) is 7.28. The minimum Gasteiger partial charge on any atom is -0.468 e. The lowest BCUT2D eigenvalue weighted by Crippen LogP contribution is -2.57. The highest BCUT2D eigenvalue weighted by molar-refractivity contribution is 6.01. The van der Waals surface area contributed by atoms with Gasteiger partial charge in [0.2, 0.25) is 0 Å². The predicted molar refractivity (Wildman–Crippen MR) is 70.7 cm³/mol. The van der Waals surface area contributed by atoms with Crippen molar-refractivity contribution in [2.24, 2.45) is 11.8 Å². The highest BCUT2D eigenvalue weighted by atomic mass is 16.5. The highest BCUT2D eigenvalue weighted by Gasteiger charge is 2.54. The molecule has 1 saturated heterocycles. The van der Waals surface area contributed by atoms with Crippen molar-refractivity contribution in [2.75, 3.05) is 7.11 Å². The van der Waals surface area contributed by atoms with Gasteiger partial charge < -0.3 is 9.47 Å². The van der Waals surface area contributed by atoms with Crippen LogP contribution < -0.4 is 0 Å². The second kappa shape index (κ2) is 5.61. The van der Waals surface area contributed by atoms with E-state index in [9.17, 15) is 9.59 Å². The molecule has 1 heterocycles. The van der Waals surface area contributed by atoms with Gasteiger partial charge in [0.25, 0.3) is 0 Å². The number of ketones is 1. The maximum atomic E-state index is 12.4. The van der Waals surface area contributed by atoms with Crippen molar-refractivity contribution in [3.8, 4) is 0 Å². The van der Waals surface area contributed by atoms with Gasteiger partial charge in [-0.25, -0.2) is 0 Å². The molecule has 0 amide bonds. The lowest BCUT2D eigenvalue weighted by atomic mass is 9.70. The summed E-state index contributed by atoms with van der Waals surface area (Å²) in [6.07, 6.45) is 5.05. The molecule has 1 saturated carbocycles. The average Bonchev–Trinajstić information content (AvgIpc) is 2.38. The third kappa shape index (κ3) is 2.69. The second-order valence-corrected chi connectivity index (χ2v) is 6.15. The first-order valence-electron chi connectivity index (χ1n) is 7.28. The predicted octanol–water partition coefficient (Wildman–Crippen LogP) is 2.49. The quantitative estimate of drug-likeness (QED) is 0.570. The number of hydrogen-bond acceptors (Lipinski definition) is 4. The number of methoxy groups -OCH3 is 1. The smallest absolute Gasteiger partial charge is 0.319 e. The summed E-state index contributed by atoms with van der Waals surface area (Å²) in [4.78, 5) is 24.4. The molecule has 108 valence electrons. The Kier molecular flexibility index (Phi) is 4.29. The van der Waals surface area contributed by atoms with Crippen LogP contribution >= 0.6 is 0 Å². The van der Waals surface area contributed by atoms with Crippen LogP contribution in [0.2, 0.25) is 0 Å². The number of esters is 1. The Hall–Kier alpha value is -0.900. The maximum Gasteiger partial charge on any atom is 0.319 e. The standard InChI is InChI=1S/C15H24O4/c1-10(2)12-9-11(16)13(14(17)18-3)15(19-12)7-5-4-6-8-15/h10,12-13H,4-9H2,1-3H3/t12-,13-/m0/s1. The van der Waals surface area contributed by atoms with Crippen LogP contribution in [0.4, 0.5) is 0 Å². The Morgan fingerprint density at radius 2 is 1.95 bits per heavy atom. The van der Waals surface area contributed by atoms with E-state index in [0.29, 0.717) is 12.3 Å². The molecule has 4 nitrogen and oxygen atoms in total. The van der Waals surface area contributed by atoms with Crippen molar-refractivity contribution >= 4 is 11.8 Å². The van der Waals surface area contributed by atoms with E-state index in [4.69, 9.17) is 9.47 Å². The molecule has 2 atom stereocenters. The van der Waals surface area contributed by atoms with Crippen LogP contribution in [-0.2, 0) is 19.1 Å². The zero-order chi connectivity index (χ0) is 14.0. The van der Waals surface area contributed by atoms with Crippen molar-refractivity contribution in [1.82, 2.24) is 0 Å². The third-order valence-electron chi connectivity index (χ3n) is 4.52. The van der Waals surface area contributed by atoms with E-state index in [1.165, 1.54) is 7.11 Å². The van der Waals surface area contributed by atoms with Gasteiger partial charge in [-0.15, -0.1) is 0 Å². The molecule has 0 aromatic carbocycles. The second-order valence-electron chi connectivity index (χ2n) is 6.15. The first kappa shape index (κ1) is 14.5. The van der Waals surface area contributed by atoms with Crippen LogP contribution in [0.1, 0.15) is 52.4 Å². The number of carbonyl (C=O) groups excluding carboxylic acids is 2. The van der Waals surface area contributed by atoms with Gasteiger partial charge in [0.1, 0.15) is 5.92 Å². The Balaban J connectivity index is 2.29. The van der Waals surface area contributed by atoms with E-state index in [1.807, 2.05) is 0 Å². The Labute approximate surface area is 114 Å². The molecule has 0 N–H and O–H groups in total. The van der Waals surface area contributed by atoms with Crippen molar-refractivity contribution < 1.29 is 19.1 Å². The average molecular weight is 268 g/mol. The fourth-order valence-electron chi connectivity index (χ4n) is 3.41. The molecular formula is C15H24O4. The summed E-state index contributed by atoms with van der Waals surface area (Å²) in [5.41, 5.74) is -0.602. The summed E-state index contributed by atoms with van der Waals surface area (Å²) in [6, 6.07) is 0. The molecular weight excluding hydrogens is 244 g/mol. The number of hydrogen-bond donors (Lipinski definition) is 0. The fraction of sp³-hybridized carbons (Fsp3) is 0.867. The van der Waals surface area contributed by atoms with Crippen LogP contribution in [0.3, 0.4) is 0 Å². The Bertz CT molecular complexity index is 355. The van der Waals surface area contributed by atoms with Gasteiger partial charge in [-0.05, 0) is 18.8 Å². The number of ether oxygens (including phenoxy) is 2. The van der Waals surface area contributed by atoms with Gasteiger partial charge in [-0.1, -0.05) is 33.1 Å². The van der Waals surface area contributed by atoms with Gasteiger partial charge >= 0.3 is 5.97 Å². The number of rotatable bonds is 2. The summed E-state index contributed by atoms with van der Waals surface area (Å²) in [6.45, 7) is 4.12. The van der Waals surface area contributed by atoms with E-state index in [2.05, 4.69) is 13.8 Å². The van der Waals surface area contributed by atoms with Crippen LogP contribution in [0, 0.1) is 11.8 Å². The molecule has 19 heavy (non-hydrogen) atoms. The Morgan fingerprint density at radius 3 is 2.47 bits per heavy atom. The van der Waals surface area contributed by atoms with E-state index in [1.54, 1.807) is 0 Å². The van der Waals surface area contributed by atoms with Gasteiger partial charge in [0.15, 0.2) is 5.78 Å². The highest BCUT2D eigenvalue weighted by Crippen LogP contribution is 2.44. The minimum atomic E-state index is -0.715. The summed E-state index contributed by atoms with van der Waals surface area (Å²) < 4.78 is 11.1. The molecule has 0 bridgehead atoms. The van der Waals surface area contributed by atoms with Gasteiger partial charge in [-0.2, -0.15) is 0 Å². The molecule has 0 aromatic rings. The van der Waals surface area contributed by atoms with Crippen LogP contribution in [0.15, 0.2) is 0 Å². The summed E-state index contributed by atoms with van der Waals surface area (Å²) in [7, 11) is 1.35. The van der Waals surface area contributed by atoms with Gasteiger partial charge in [0.05, 0.1) is 18.8 Å². The summed E-state index contributed by atoms with van der Waals surface area (Å²) in [5, 5.41) is 0. The maximum absolute atomic E-state index is 12.4. The normalized spacial score (nSPS) is 30.6. The van der Waals surface area contributed by atoms with E-state index < -0.39 is 17.5 Å². The topological polar surface area (TPSA) is 52.6 Å². The monoisotopic (exact) mass is 268 g/mol. The van der Waals surface area contributed by atoms with Crippen LogP contribution in [-0.4, -0.2) is 30.6 Å². The molecule has 2 rings (SSSR count). The molecule has 2 aliphatic rings. The molecule has 0 unspecified atom stereocenters. The molecule has 1 spiro atoms. The summed E-state index contributed by atoms with van der Waals surface area (Å²) in [5.74, 6) is -0.845. The zero-order valence-corrected chi connectivity index (χ0v) is 12.1. The van der Waals surface area contributed by atoms with Crippen molar-refractivity contribution in [3.63, 3.8) is 0 Å². The van der Waals surface area contributed by atoms with Crippen molar-refractivity contribution in [2.45, 2.75) is 64.1 Å². The van der Waals surface area contributed by atoms with Gasteiger partial charge in [-0.3, -0.25) is 9.59 Å². The fourth-order valence-corrected chi connectivity index (χ4v) is 3.41.